The molecular weight excluding hydrogens is 704 g/mol. The van der Waals surface area contributed by atoms with Gasteiger partial charge in [-0.3, -0.25) is 38.5 Å². The van der Waals surface area contributed by atoms with Gasteiger partial charge < -0.3 is 31.5 Å². The van der Waals surface area contributed by atoms with E-state index < -0.39 is 70.8 Å². The topological polar surface area (TPSA) is 209 Å². The Labute approximate surface area is 321 Å². The highest BCUT2D eigenvalue weighted by Crippen LogP contribution is 2.29. The van der Waals surface area contributed by atoms with Crippen molar-refractivity contribution in [3.8, 4) is 0 Å². The van der Waals surface area contributed by atoms with Crippen molar-refractivity contribution < 1.29 is 33.6 Å². The average molecular weight is 759 g/mol. The molecule has 1 aromatic carbocycles. The minimum absolute atomic E-state index is 0.0181. The molecule has 5 N–H and O–H groups in total. The molecule has 4 unspecified atom stereocenters. The largest absolute Gasteiger partial charge is 0.349 e. The van der Waals surface area contributed by atoms with E-state index in [-0.39, 0.29) is 43.1 Å². The zero-order valence-electron chi connectivity index (χ0n) is 32.1. The number of nitrogens with one attached hydrogen (secondary N) is 5. The second-order valence-electron chi connectivity index (χ2n) is 16.0. The number of carbonyl (C=O) groups is 7. The molecule has 1 aliphatic heterocycles. The van der Waals surface area contributed by atoms with Gasteiger partial charge in [0.2, 0.25) is 23.5 Å². The van der Waals surface area contributed by atoms with E-state index in [0.29, 0.717) is 12.0 Å². The molecular formula is C40H54N8O7. The maximum atomic E-state index is 14.3. The molecule has 5 atom stereocenters. The predicted octanol–water partition coefficient (Wildman–Crippen LogP) is 2.08. The van der Waals surface area contributed by atoms with Crippen LogP contribution in [0.1, 0.15) is 106 Å². The van der Waals surface area contributed by atoms with E-state index in [1.807, 2.05) is 6.92 Å². The lowest BCUT2D eigenvalue weighted by Crippen LogP contribution is -2.61. The number of benzene rings is 1. The Balaban J connectivity index is 1.36. The lowest BCUT2D eigenvalue weighted by atomic mass is 9.82. The first-order chi connectivity index (χ1) is 26.3. The molecule has 6 amide bonds. The zero-order chi connectivity index (χ0) is 39.7. The highest BCUT2D eigenvalue weighted by Gasteiger charge is 2.45. The summed E-state index contributed by atoms with van der Waals surface area (Å²) in [5, 5.41) is 14.2. The highest BCUT2D eigenvalue weighted by molar-refractivity contribution is 6.38. The van der Waals surface area contributed by atoms with Crippen LogP contribution in [0.3, 0.4) is 0 Å². The first kappa shape index (κ1) is 41.0. The summed E-state index contributed by atoms with van der Waals surface area (Å²) >= 11 is 0. The van der Waals surface area contributed by atoms with Crippen molar-refractivity contribution in [2.24, 2.45) is 17.3 Å². The number of Topliss-reactive ketones (excluding diaryl/α,β-unsaturated/α-hetero) is 1. The molecule has 1 saturated heterocycles. The molecule has 0 radical (unpaired) electrons. The third kappa shape index (κ3) is 10.9. The van der Waals surface area contributed by atoms with Crippen LogP contribution in [-0.4, -0.2) is 99.4 Å². The van der Waals surface area contributed by atoms with Gasteiger partial charge in [-0.15, -0.1) is 0 Å². The lowest BCUT2D eigenvalue weighted by Gasteiger charge is -2.35. The van der Waals surface area contributed by atoms with E-state index >= 15 is 0 Å². The van der Waals surface area contributed by atoms with Crippen LogP contribution in [0.5, 0.6) is 0 Å². The van der Waals surface area contributed by atoms with Crippen LogP contribution in [0.15, 0.2) is 48.9 Å². The monoisotopic (exact) mass is 758 g/mol. The predicted molar refractivity (Wildman–Crippen MR) is 202 cm³/mol. The third-order valence-electron chi connectivity index (χ3n) is 10.5. The summed E-state index contributed by atoms with van der Waals surface area (Å²) < 4.78 is 0. The van der Waals surface area contributed by atoms with Crippen LogP contribution >= 0.6 is 0 Å². The van der Waals surface area contributed by atoms with Gasteiger partial charge in [0.25, 0.3) is 17.7 Å². The van der Waals surface area contributed by atoms with Crippen molar-refractivity contribution in [3.63, 3.8) is 0 Å². The lowest BCUT2D eigenvalue weighted by molar-refractivity contribution is -0.140. The summed E-state index contributed by atoms with van der Waals surface area (Å²) in [7, 11) is 0. The Morgan fingerprint density at radius 3 is 2.16 bits per heavy atom. The molecule has 296 valence electrons. The van der Waals surface area contributed by atoms with Gasteiger partial charge in [-0.05, 0) is 55.6 Å². The van der Waals surface area contributed by atoms with Crippen molar-refractivity contribution in [2.45, 2.75) is 116 Å². The zero-order valence-corrected chi connectivity index (χ0v) is 32.1. The number of aromatic nitrogens is 2. The number of nitrogens with zero attached hydrogens (tertiary/aromatic N) is 3. The van der Waals surface area contributed by atoms with Crippen LogP contribution < -0.4 is 26.6 Å². The van der Waals surface area contributed by atoms with E-state index in [1.54, 1.807) is 51.1 Å². The highest BCUT2D eigenvalue weighted by atomic mass is 16.2. The van der Waals surface area contributed by atoms with E-state index in [4.69, 9.17) is 0 Å². The number of carbonyl (C=O) groups excluding carboxylic acids is 7. The fraction of sp³-hybridized carbons (Fsp3) is 0.575. The Morgan fingerprint density at radius 2 is 1.55 bits per heavy atom. The van der Waals surface area contributed by atoms with Crippen molar-refractivity contribution in [2.75, 3.05) is 13.1 Å². The molecule has 2 aliphatic carbocycles. The Bertz CT molecular complexity index is 1710. The SMILES string of the molecule is CCCC(NC(=O)C1CN(C(=O)c2ccccc2)CC1NC(=O)C(NC(=O)[C@@H](NC(=O)c1cnccn1)C1CCCCC1)C(C)(C)C)C(=O)C(=O)NC1CC1. The molecule has 3 fully saturated rings. The minimum atomic E-state index is -1.11. The number of ketones is 1. The summed E-state index contributed by atoms with van der Waals surface area (Å²) in [6.45, 7) is 7.15. The van der Waals surface area contributed by atoms with Crippen molar-refractivity contribution in [1.82, 2.24) is 41.5 Å². The van der Waals surface area contributed by atoms with E-state index in [1.165, 1.54) is 23.5 Å². The normalized spacial score (nSPS) is 20.3. The number of amides is 6. The van der Waals surface area contributed by atoms with Gasteiger partial charge >= 0.3 is 0 Å². The maximum Gasteiger partial charge on any atom is 0.289 e. The Kier molecular flexibility index (Phi) is 13.7. The summed E-state index contributed by atoms with van der Waals surface area (Å²) in [4.78, 5) is 105. The van der Waals surface area contributed by atoms with Gasteiger partial charge in [0.1, 0.15) is 17.8 Å². The molecule has 55 heavy (non-hydrogen) atoms. The quantitative estimate of drug-likeness (QED) is 0.168. The van der Waals surface area contributed by atoms with Gasteiger partial charge in [0.05, 0.1) is 24.2 Å². The van der Waals surface area contributed by atoms with Crippen molar-refractivity contribution in [3.05, 3.63) is 60.2 Å². The van der Waals surface area contributed by atoms with Crippen LogP contribution in [0.2, 0.25) is 0 Å². The number of likely N-dealkylation sites (tertiary alicyclic amines) is 1. The van der Waals surface area contributed by atoms with Gasteiger partial charge in [0, 0.05) is 37.1 Å². The van der Waals surface area contributed by atoms with Crippen LogP contribution in [0, 0.1) is 17.3 Å². The summed E-state index contributed by atoms with van der Waals surface area (Å²) in [5.41, 5.74) is -0.357. The number of hydrogen-bond acceptors (Lipinski definition) is 9. The van der Waals surface area contributed by atoms with E-state index in [9.17, 15) is 33.6 Å². The smallest absolute Gasteiger partial charge is 0.289 e. The molecule has 0 spiro atoms. The van der Waals surface area contributed by atoms with Gasteiger partial charge in [-0.25, -0.2) is 4.98 Å². The molecule has 0 bridgehead atoms. The molecule has 1 aromatic heterocycles. The third-order valence-corrected chi connectivity index (χ3v) is 10.5. The van der Waals surface area contributed by atoms with E-state index in [2.05, 4.69) is 36.6 Å². The molecule has 2 saturated carbocycles. The van der Waals surface area contributed by atoms with Gasteiger partial charge in [-0.2, -0.15) is 0 Å². The first-order valence-electron chi connectivity index (χ1n) is 19.4. The fourth-order valence-electron chi connectivity index (χ4n) is 7.29. The van der Waals surface area contributed by atoms with E-state index in [0.717, 1.165) is 44.9 Å². The van der Waals surface area contributed by atoms with Gasteiger partial charge in [0.15, 0.2) is 0 Å². The van der Waals surface area contributed by atoms with Crippen LogP contribution in [-0.2, 0) is 24.0 Å². The average Bonchev–Trinajstić information content (AvgIpc) is 3.90. The number of rotatable bonds is 15. The molecule has 3 aliphatic rings. The van der Waals surface area contributed by atoms with Crippen molar-refractivity contribution in [1.29, 1.82) is 0 Å². The minimum Gasteiger partial charge on any atom is -0.349 e. The number of hydrogen-bond donors (Lipinski definition) is 5. The Morgan fingerprint density at radius 1 is 0.836 bits per heavy atom. The molecule has 15 heteroatoms. The van der Waals surface area contributed by atoms with Crippen LogP contribution in [0.4, 0.5) is 0 Å². The first-order valence-corrected chi connectivity index (χ1v) is 19.4. The molecule has 15 nitrogen and oxygen atoms in total. The Hall–Kier alpha value is -5.21. The van der Waals surface area contributed by atoms with Crippen LogP contribution in [0.25, 0.3) is 0 Å². The summed E-state index contributed by atoms with van der Waals surface area (Å²) in [5.74, 6) is -5.21. The molecule has 5 rings (SSSR count). The molecule has 2 heterocycles. The molecule has 2 aromatic rings. The van der Waals surface area contributed by atoms with Crippen molar-refractivity contribution >= 4 is 41.2 Å². The fourth-order valence-corrected chi connectivity index (χ4v) is 7.29. The van der Waals surface area contributed by atoms with Gasteiger partial charge in [-0.1, -0.05) is 71.6 Å². The summed E-state index contributed by atoms with van der Waals surface area (Å²) in [6.07, 6.45) is 10.8. The standard InChI is InChI=1S/C40H54N8O7/c1-5-12-28(32(49)37(53)43-26-17-18-26)44-34(50)27-22-48(39(55)25-15-10-7-11-16-25)23-30(27)45-38(54)33(40(2,3)4)47-36(52)31(24-13-8-6-9-14-24)46-35(51)29-21-41-19-20-42-29/h7,10-11,15-16,19-21,24,26-28,30-31,33H,5-6,8-9,12-14,17-18,22-23H2,1-4H3,(H,43,53)(H,44,50)(H,45,54)(H,46,51)(H,47,52)/t27?,28?,30?,31-,33?/m0/s1. The maximum absolute atomic E-state index is 14.3. The summed E-state index contributed by atoms with van der Waals surface area (Å²) in [6, 6.07) is 4.50. The second kappa shape index (κ2) is 18.4. The second-order valence-corrected chi connectivity index (χ2v) is 16.0.